The van der Waals surface area contributed by atoms with Crippen LogP contribution in [0.3, 0.4) is 0 Å². The molecule has 0 nitrogen and oxygen atoms in total. The van der Waals surface area contributed by atoms with Crippen molar-refractivity contribution in [1.82, 2.24) is 0 Å². The van der Waals surface area contributed by atoms with Gasteiger partial charge in [-0.15, -0.1) is 0 Å². The topological polar surface area (TPSA) is 0 Å². The summed E-state index contributed by atoms with van der Waals surface area (Å²) < 4.78 is 1.64. The molecule has 0 unspecified atom stereocenters. The van der Waals surface area contributed by atoms with Crippen LogP contribution in [-0.4, -0.2) is 22.3 Å². The summed E-state index contributed by atoms with van der Waals surface area (Å²) in [5, 5.41) is 0. The third kappa shape index (κ3) is 1.84. The van der Waals surface area contributed by atoms with Crippen molar-refractivity contribution in [3.05, 3.63) is 9.70 Å². The van der Waals surface area contributed by atoms with Gasteiger partial charge in [0.1, 0.15) is 0 Å². The average molecular weight is 210 g/mol. The van der Waals surface area contributed by atoms with Crippen LogP contribution in [0.2, 0.25) is 0 Å². The zero-order valence-corrected chi connectivity index (χ0v) is 6.91. The monoisotopic (exact) mass is 212 g/mol. The fourth-order valence-corrected chi connectivity index (χ4v) is 1.64. The first-order valence-electron chi connectivity index (χ1n) is 2.77. The predicted molar refractivity (Wildman–Crippen MR) is 33.7 cm³/mol. The van der Waals surface area contributed by atoms with Crippen LogP contribution in [0.4, 0.5) is 0 Å². The molecule has 0 aromatic rings. The van der Waals surface area contributed by atoms with Crippen molar-refractivity contribution in [2.24, 2.45) is 0 Å². The van der Waals surface area contributed by atoms with E-state index in [9.17, 15) is 0 Å². The molecular weight excluding hydrogens is 200 g/mol. The minimum absolute atomic E-state index is 1.34. The molecular formula is C6H10Te. The summed E-state index contributed by atoms with van der Waals surface area (Å²) in [5.41, 5.74) is 0. The molecule has 7 heavy (non-hydrogen) atoms. The Labute approximate surface area is 57.9 Å². The predicted octanol–water partition coefficient (Wildman–Crippen LogP) is 1.35. The second-order valence-electron chi connectivity index (χ2n) is 1.94. The van der Waals surface area contributed by atoms with Crippen LogP contribution < -0.4 is 0 Å². The Hall–Kier alpha value is 0.530. The molecule has 0 heterocycles. The van der Waals surface area contributed by atoms with E-state index < -0.39 is 0 Å². The third-order valence-electron chi connectivity index (χ3n) is 1.27. The van der Waals surface area contributed by atoms with Crippen molar-refractivity contribution < 1.29 is 0 Å². The molecule has 1 rings (SSSR count). The van der Waals surface area contributed by atoms with Gasteiger partial charge in [0.25, 0.3) is 0 Å². The van der Waals surface area contributed by atoms with Gasteiger partial charge >= 0.3 is 57.7 Å². The molecule has 0 radical (unpaired) electrons. The molecule has 0 saturated carbocycles. The van der Waals surface area contributed by atoms with Crippen LogP contribution in [0.25, 0.3) is 0 Å². The summed E-state index contributed by atoms with van der Waals surface area (Å²) in [6, 6.07) is 0. The summed E-state index contributed by atoms with van der Waals surface area (Å²) in [6.45, 7) is 0. The van der Waals surface area contributed by atoms with Crippen molar-refractivity contribution in [3.63, 3.8) is 0 Å². The van der Waals surface area contributed by atoms with E-state index in [1.54, 1.807) is 3.62 Å². The molecule has 0 aliphatic heterocycles. The Kier molecular flexibility index (Phi) is 2.22. The van der Waals surface area contributed by atoms with Gasteiger partial charge in [0, 0.05) is 0 Å². The van der Waals surface area contributed by atoms with Crippen LogP contribution in [0.5, 0.6) is 0 Å². The van der Waals surface area contributed by atoms with Gasteiger partial charge in [-0.05, 0) is 0 Å². The Morgan fingerprint density at radius 1 is 1.43 bits per heavy atom. The van der Waals surface area contributed by atoms with E-state index in [0.717, 1.165) is 0 Å². The molecule has 0 spiro atoms. The fraction of sp³-hybridized carbons (Fsp3) is 0.667. The van der Waals surface area contributed by atoms with Crippen molar-refractivity contribution in [2.75, 3.05) is 0 Å². The molecule has 0 fully saturated rings. The van der Waals surface area contributed by atoms with Crippen molar-refractivity contribution in [2.45, 2.75) is 25.7 Å². The SMILES string of the molecule is [TeH]C1=CCCCC1. The second kappa shape index (κ2) is 2.74. The standard InChI is InChI=1S/C6H10Te/c7-6-4-2-1-3-5-6/h4,7H,1-3,5H2. The maximum atomic E-state index is 2.37. The van der Waals surface area contributed by atoms with Crippen molar-refractivity contribution in [1.29, 1.82) is 0 Å². The molecule has 0 saturated heterocycles. The van der Waals surface area contributed by atoms with E-state index >= 15 is 0 Å². The quantitative estimate of drug-likeness (QED) is 0.529. The zero-order chi connectivity index (χ0) is 5.11. The molecule has 0 N–H and O–H groups in total. The molecule has 0 amide bonds. The van der Waals surface area contributed by atoms with E-state index in [0.29, 0.717) is 0 Å². The first-order chi connectivity index (χ1) is 3.39. The molecule has 0 atom stereocenters. The normalized spacial score (nSPS) is 21.6. The Bertz CT molecular complexity index is 84.2. The number of hydrogen-bond acceptors (Lipinski definition) is 0. The number of allylic oxidation sites excluding steroid dienone is 2. The minimum atomic E-state index is 1.34. The maximum absolute atomic E-state index is 2.37. The van der Waals surface area contributed by atoms with Crippen LogP contribution in [0.1, 0.15) is 25.7 Å². The third-order valence-corrected chi connectivity index (χ3v) is 2.43. The van der Waals surface area contributed by atoms with Crippen molar-refractivity contribution in [3.8, 4) is 0 Å². The van der Waals surface area contributed by atoms with E-state index in [-0.39, 0.29) is 0 Å². The number of hydrogen-bond donors (Lipinski definition) is 0. The first kappa shape index (κ1) is 5.66. The molecule has 40 valence electrons. The van der Waals surface area contributed by atoms with Gasteiger partial charge in [-0.1, -0.05) is 0 Å². The summed E-state index contributed by atoms with van der Waals surface area (Å²) in [6.07, 6.45) is 7.93. The Balaban J connectivity index is 2.40. The van der Waals surface area contributed by atoms with Crippen LogP contribution in [0, 0.1) is 0 Å². The average Bonchev–Trinajstić information content (AvgIpc) is 1.69. The van der Waals surface area contributed by atoms with Crippen LogP contribution >= 0.6 is 0 Å². The molecule has 0 bridgehead atoms. The Morgan fingerprint density at radius 3 is 2.57 bits per heavy atom. The van der Waals surface area contributed by atoms with Crippen LogP contribution in [-0.2, 0) is 0 Å². The fourth-order valence-electron chi connectivity index (χ4n) is 0.821. The molecule has 0 aromatic heterocycles. The summed E-state index contributed by atoms with van der Waals surface area (Å²) in [5.74, 6) is 0. The van der Waals surface area contributed by atoms with Gasteiger partial charge in [-0.2, -0.15) is 0 Å². The van der Waals surface area contributed by atoms with Gasteiger partial charge in [-0.3, -0.25) is 0 Å². The molecule has 1 heteroatoms. The Morgan fingerprint density at radius 2 is 2.29 bits per heavy atom. The first-order valence-corrected chi connectivity index (χ1v) is 4.05. The van der Waals surface area contributed by atoms with E-state index in [2.05, 4.69) is 6.08 Å². The van der Waals surface area contributed by atoms with Gasteiger partial charge in [0.05, 0.1) is 0 Å². The van der Waals surface area contributed by atoms with Gasteiger partial charge in [-0.25, -0.2) is 0 Å². The van der Waals surface area contributed by atoms with Gasteiger partial charge in [0.2, 0.25) is 0 Å². The second-order valence-corrected chi connectivity index (χ2v) is 3.58. The molecule has 0 aromatic carbocycles. The van der Waals surface area contributed by atoms with Gasteiger partial charge < -0.3 is 0 Å². The summed E-state index contributed by atoms with van der Waals surface area (Å²) in [4.78, 5) is 0. The van der Waals surface area contributed by atoms with Gasteiger partial charge in [0.15, 0.2) is 0 Å². The molecule has 1 aliphatic carbocycles. The summed E-state index contributed by atoms with van der Waals surface area (Å²) >= 11 is 1.89. The van der Waals surface area contributed by atoms with E-state index in [1.165, 1.54) is 25.7 Å². The van der Waals surface area contributed by atoms with E-state index in [1.807, 2.05) is 22.3 Å². The summed E-state index contributed by atoms with van der Waals surface area (Å²) in [7, 11) is 0. The molecule has 1 aliphatic rings. The van der Waals surface area contributed by atoms with Crippen LogP contribution in [0.15, 0.2) is 9.70 Å². The van der Waals surface area contributed by atoms with Crippen molar-refractivity contribution >= 4 is 22.3 Å². The van der Waals surface area contributed by atoms with E-state index in [4.69, 9.17) is 0 Å². The zero-order valence-electron chi connectivity index (χ0n) is 4.35. The number of rotatable bonds is 0.